The molecule has 0 saturated carbocycles. The van der Waals surface area contributed by atoms with Crippen LogP contribution in [0.5, 0.6) is 0 Å². The SMILES string of the molecule is CCCSCC(O)Cc1cc(F)cc(Br)c1. The summed E-state index contributed by atoms with van der Waals surface area (Å²) in [6, 6.07) is 4.73. The first-order chi connectivity index (χ1) is 7.61. The van der Waals surface area contributed by atoms with Crippen molar-refractivity contribution in [2.45, 2.75) is 25.9 Å². The van der Waals surface area contributed by atoms with Crippen LogP contribution in [0.25, 0.3) is 0 Å². The lowest BCUT2D eigenvalue weighted by atomic mass is 10.1. The van der Waals surface area contributed by atoms with Gasteiger partial charge < -0.3 is 5.11 Å². The molecule has 0 aliphatic rings. The minimum atomic E-state index is -0.398. The molecule has 16 heavy (non-hydrogen) atoms. The molecule has 0 heterocycles. The third-order valence-electron chi connectivity index (χ3n) is 2.05. The van der Waals surface area contributed by atoms with Gasteiger partial charge in [0.05, 0.1) is 6.10 Å². The molecule has 1 N–H and O–H groups in total. The van der Waals surface area contributed by atoms with Crippen LogP contribution in [-0.4, -0.2) is 22.7 Å². The minimum absolute atomic E-state index is 0.266. The molecule has 0 radical (unpaired) electrons. The summed E-state index contributed by atoms with van der Waals surface area (Å²) in [5.74, 6) is 1.50. The highest BCUT2D eigenvalue weighted by atomic mass is 79.9. The Kier molecular flexibility index (Phi) is 6.39. The summed E-state index contributed by atoms with van der Waals surface area (Å²) in [5.41, 5.74) is 0.830. The van der Waals surface area contributed by atoms with Crippen LogP contribution in [0.4, 0.5) is 4.39 Å². The van der Waals surface area contributed by atoms with E-state index in [1.54, 1.807) is 11.8 Å². The summed E-state index contributed by atoms with van der Waals surface area (Å²) in [7, 11) is 0. The molecule has 1 aromatic carbocycles. The molecule has 1 nitrogen and oxygen atoms in total. The van der Waals surface area contributed by atoms with Gasteiger partial charge in [0.1, 0.15) is 5.82 Å². The van der Waals surface area contributed by atoms with Gasteiger partial charge >= 0.3 is 0 Å². The first-order valence-electron chi connectivity index (χ1n) is 5.32. The summed E-state index contributed by atoms with van der Waals surface area (Å²) in [6.07, 6.45) is 1.22. The van der Waals surface area contributed by atoms with Gasteiger partial charge in [-0.05, 0) is 42.4 Å². The fourth-order valence-corrected chi connectivity index (χ4v) is 2.78. The zero-order valence-electron chi connectivity index (χ0n) is 9.25. The van der Waals surface area contributed by atoms with Crippen molar-refractivity contribution in [1.29, 1.82) is 0 Å². The third kappa shape index (κ3) is 5.32. The van der Waals surface area contributed by atoms with E-state index in [0.717, 1.165) is 22.2 Å². The highest BCUT2D eigenvalue weighted by molar-refractivity contribution is 9.10. The Morgan fingerprint density at radius 3 is 2.81 bits per heavy atom. The molecule has 90 valence electrons. The van der Waals surface area contributed by atoms with Crippen LogP contribution in [0.3, 0.4) is 0 Å². The molecule has 0 aliphatic carbocycles. The van der Waals surface area contributed by atoms with Crippen LogP contribution >= 0.6 is 27.7 Å². The molecular weight excluding hydrogens is 291 g/mol. The molecule has 0 spiro atoms. The molecule has 0 aromatic heterocycles. The highest BCUT2D eigenvalue weighted by Crippen LogP contribution is 2.17. The Bertz CT molecular complexity index is 313. The molecule has 1 atom stereocenters. The maximum Gasteiger partial charge on any atom is 0.124 e. The van der Waals surface area contributed by atoms with Crippen molar-refractivity contribution in [2.24, 2.45) is 0 Å². The molecule has 0 saturated heterocycles. The molecule has 0 bridgehead atoms. The largest absolute Gasteiger partial charge is 0.392 e. The van der Waals surface area contributed by atoms with E-state index in [0.29, 0.717) is 12.2 Å². The lowest BCUT2D eigenvalue weighted by Crippen LogP contribution is -2.14. The topological polar surface area (TPSA) is 20.2 Å². The Labute approximate surface area is 109 Å². The first-order valence-corrected chi connectivity index (χ1v) is 7.27. The Hall–Kier alpha value is -0.0600. The summed E-state index contributed by atoms with van der Waals surface area (Å²) >= 11 is 4.97. The third-order valence-corrected chi connectivity index (χ3v) is 3.83. The van der Waals surface area contributed by atoms with Crippen molar-refractivity contribution < 1.29 is 9.50 Å². The van der Waals surface area contributed by atoms with Gasteiger partial charge in [-0.25, -0.2) is 4.39 Å². The summed E-state index contributed by atoms with van der Waals surface area (Å²) in [4.78, 5) is 0. The van der Waals surface area contributed by atoms with Gasteiger partial charge in [-0.2, -0.15) is 11.8 Å². The van der Waals surface area contributed by atoms with E-state index >= 15 is 0 Å². The molecule has 1 rings (SSSR count). The average molecular weight is 307 g/mol. The number of benzene rings is 1. The van der Waals surface area contributed by atoms with Crippen molar-refractivity contribution in [1.82, 2.24) is 0 Å². The monoisotopic (exact) mass is 306 g/mol. The van der Waals surface area contributed by atoms with Gasteiger partial charge in [0.15, 0.2) is 0 Å². The van der Waals surface area contributed by atoms with E-state index < -0.39 is 6.10 Å². The maximum absolute atomic E-state index is 13.1. The molecule has 4 heteroatoms. The minimum Gasteiger partial charge on any atom is -0.392 e. The van der Waals surface area contributed by atoms with E-state index in [2.05, 4.69) is 22.9 Å². The Balaban J connectivity index is 2.45. The summed E-state index contributed by atoms with van der Waals surface area (Å²) in [6.45, 7) is 2.11. The van der Waals surface area contributed by atoms with Gasteiger partial charge in [0.2, 0.25) is 0 Å². The average Bonchev–Trinajstić information content (AvgIpc) is 2.16. The van der Waals surface area contributed by atoms with Crippen molar-refractivity contribution in [3.63, 3.8) is 0 Å². The molecule has 1 unspecified atom stereocenters. The van der Waals surface area contributed by atoms with Crippen LogP contribution in [0.1, 0.15) is 18.9 Å². The van der Waals surface area contributed by atoms with Crippen molar-refractivity contribution in [3.05, 3.63) is 34.1 Å². The fourth-order valence-electron chi connectivity index (χ4n) is 1.42. The second kappa shape index (κ2) is 7.30. The van der Waals surface area contributed by atoms with E-state index in [9.17, 15) is 9.50 Å². The lowest BCUT2D eigenvalue weighted by Gasteiger charge is -2.10. The molecule has 0 amide bonds. The molecule has 1 aromatic rings. The maximum atomic E-state index is 13.1. The van der Waals surface area contributed by atoms with Crippen molar-refractivity contribution >= 4 is 27.7 Å². The second-order valence-corrected chi connectivity index (χ2v) is 5.78. The quantitative estimate of drug-likeness (QED) is 0.810. The van der Waals surface area contributed by atoms with Crippen molar-refractivity contribution in [2.75, 3.05) is 11.5 Å². The van der Waals surface area contributed by atoms with E-state index in [4.69, 9.17) is 0 Å². The van der Waals surface area contributed by atoms with Gasteiger partial charge in [-0.1, -0.05) is 22.9 Å². The predicted octanol–water partition coefficient (Wildman–Crippen LogP) is 3.63. The lowest BCUT2D eigenvalue weighted by molar-refractivity contribution is 0.200. The van der Waals surface area contributed by atoms with Crippen LogP contribution in [0.15, 0.2) is 22.7 Å². The number of hydrogen-bond acceptors (Lipinski definition) is 2. The Morgan fingerprint density at radius 1 is 1.44 bits per heavy atom. The predicted molar refractivity (Wildman–Crippen MR) is 71.4 cm³/mol. The van der Waals surface area contributed by atoms with Gasteiger partial charge in [0.25, 0.3) is 0 Å². The van der Waals surface area contributed by atoms with Crippen molar-refractivity contribution in [3.8, 4) is 0 Å². The Morgan fingerprint density at radius 2 is 2.19 bits per heavy atom. The van der Waals surface area contributed by atoms with Crippen LogP contribution in [-0.2, 0) is 6.42 Å². The zero-order valence-corrected chi connectivity index (χ0v) is 11.7. The van der Waals surface area contributed by atoms with E-state index in [1.807, 2.05) is 6.07 Å². The highest BCUT2D eigenvalue weighted by Gasteiger charge is 2.07. The zero-order chi connectivity index (χ0) is 12.0. The van der Waals surface area contributed by atoms with Crippen LogP contribution in [0.2, 0.25) is 0 Å². The van der Waals surface area contributed by atoms with E-state index in [-0.39, 0.29) is 5.82 Å². The van der Waals surface area contributed by atoms with Gasteiger partial charge in [0, 0.05) is 10.2 Å². The number of rotatable bonds is 6. The molecular formula is C12H16BrFOS. The van der Waals surface area contributed by atoms with Gasteiger partial charge in [-0.15, -0.1) is 0 Å². The molecule has 0 fully saturated rings. The van der Waals surface area contributed by atoms with Crippen LogP contribution < -0.4 is 0 Å². The van der Waals surface area contributed by atoms with Gasteiger partial charge in [-0.3, -0.25) is 0 Å². The standard InChI is InChI=1S/C12H16BrFOS/c1-2-3-16-8-12(15)6-9-4-10(13)7-11(14)5-9/h4-5,7,12,15H,2-3,6,8H2,1H3. The number of hydrogen-bond donors (Lipinski definition) is 1. The summed E-state index contributed by atoms with van der Waals surface area (Å²) < 4.78 is 13.8. The number of aliphatic hydroxyl groups is 1. The number of halogens is 2. The summed E-state index contributed by atoms with van der Waals surface area (Å²) in [5, 5.41) is 9.75. The normalized spacial score (nSPS) is 12.8. The molecule has 0 aliphatic heterocycles. The number of aliphatic hydroxyl groups excluding tert-OH is 1. The smallest absolute Gasteiger partial charge is 0.124 e. The first kappa shape index (κ1) is 14.0. The fraction of sp³-hybridized carbons (Fsp3) is 0.500. The van der Waals surface area contributed by atoms with Crippen LogP contribution in [0, 0.1) is 5.82 Å². The second-order valence-electron chi connectivity index (χ2n) is 3.71. The number of thioether (sulfide) groups is 1. The van der Waals surface area contributed by atoms with E-state index in [1.165, 1.54) is 12.1 Å².